The lowest BCUT2D eigenvalue weighted by Crippen LogP contribution is -2.13. The first-order chi connectivity index (χ1) is 10.2. The highest BCUT2D eigenvalue weighted by molar-refractivity contribution is 6.32. The molecule has 0 aliphatic carbocycles. The van der Waals surface area contributed by atoms with Crippen molar-refractivity contribution in [3.8, 4) is 11.5 Å². The Morgan fingerprint density at radius 2 is 2.00 bits per heavy atom. The average Bonchev–Trinajstić information content (AvgIpc) is 2.53. The average molecular weight is 307 g/mol. The summed E-state index contributed by atoms with van der Waals surface area (Å²) in [5.41, 5.74) is 6.93. The van der Waals surface area contributed by atoms with Crippen LogP contribution >= 0.6 is 11.6 Å². The number of para-hydroxylation sites is 1. The minimum absolute atomic E-state index is 0.0247. The standard InChI is InChI=1S/C15H15ClN2O3/c1-20-13-7-6-10(15(17)18-19)8-11(13)9-21-14-5-3-2-4-12(14)16/h2-8,19H,9H2,1H3,(H2,17,18). The summed E-state index contributed by atoms with van der Waals surface area (Å²) in [6.45, 7) is 0.249. The minimum atomic E-state index is 0.0247. The van der Waals surface area contributed by atoms with E-state index in [1.807, 2.05) is 12.1 Å². The van der Waals surface area contributed by atoms with Crippen molar-refractivity contribution in [2.45, 2.75) is 6.61 Å². The Morgan fingerprint density at radius 3 is 2.67 bits per heavy atom. The molecule has 0 fully saturated rings. The number of rotatable bonds is 5. The van der Waals surface area contributed by atoms with Crippen LogP contribution in [0.3, 0.4) is 0 Å². The number of halogens is 1. The zero-order valence-electron chi connectivity index (χ0n) is 11.4. The lowest BCUT2D eigenvalue weighted by molar-refractivity contribution is 0.296. The third kappa shape index (κ3) is 3.58. The van der Waals surface area contributed by atoms with E-state index in [4.69, 9.17) is 32.0 Å². The van der Waals surface area contributed by atoms with Crippen LogP contribution in [0.2, 0.25) is 5.02 Å². The fourth-order valence-corrected chi connectivity index (χ4v) is 2.02. The van der Waals surface area contributed by atoms with E-state index in [1.54, 1.807) is 37.4 Å². The van der Waals surface area contributed by atoms with E-state index in [1.165, 1.54) is 0 Å². The molecule has 0 spiro atoms. The van der Waals surface area contributed by atoms with E-state index in [0.717, 1.165) is 5.56 Å². The fourth-order valence-electron chi connectivity index (χ4n) is 1.83. The fraction of sp³-hybridized carbons (Fsp3) is 0.133. The van der Waals surface area contributed by atoms with Crippen LogP contribution in [-0.2, 0) is 6.61 Å². The van der Waals surface area contributed by atoms with Gasteiger partial charge in [0.1, 0.15) is 18.1 Å². The molecule has 3 N–H and O–H groups in total. The molecule has 2 aromatic carbocycles. The number of oxime groups is 1. The number of hydrogen-bond donors (Lipinski definition) is 2. The summed E-state index contributed by atoms with van der Waals surface area (Å²) in [4.78, 5) is 0. The predicted octanol–water partition coefficient (Wildman–Crippen LogP) is 3.02. The molecule has 0 aliphatic rings. The third-order valence-electron chi connectivity index (χ3n) is 2.90. The SMILES string of the molecule is COc1ccc(/C(N)=N/O)cc1COc1ccccc1Cl. The molecule has 5 nitrogen and oxygen atoms in total. The van der Waals surface area contributed by atoms with E-state index >= 15 is 0 Å². The highest BCUT2D eigenvalue weighted by Crippen LogP contribution is 2.26. The second kappa shape index (κ2) is 6.85. The van der Waals surface area contributed by atoms with Crippen molar-refractivity contribution in [3.05, 3.63) is 58.6 Å². The van der Waals surface area contributed by atoms with Crippen LogP contribution in [0.25, 0.3) is 0 Å². The quantitative estimate of drug-likeness (QED) is 0.385. The molecular formula is C15H15ClN2O3. The Balaban J connectivity index is 2.24. The van der Waals surface area contributed by atoms with E-state index in [-0.39, 0.29) is 12.4 Å². The van der Waals surface area contributed by atoms with Crippen LogP contribution in [0.5, 0.6) is 11.5 Å². The molecule has 110 valence electrons. The van der Waals surface area contributed by atoms with E-state index < -0.39 is 0 Å². The van der Waals surface area contributed by atoms with Gasteiger partial charge >= 0.3 is 0 Å². The summed E-state index contributed by atoms with van der Waals surface area (Å²) >= 11 is 6.04. The molecular weight excluding hydrogens is 292 g/mol. The van der Waals surface area contributed by atoms with Crippen LogP contribution in [0.15, 0.2) is 47.6 Å². The summed E-state index contributed by atoms with van der Waals surface area (Å²) in [5.74, 6) is 1.25. The van der Waals surface area contributed by atoms with E-state index in [9.17, 15) is 0 Å². The smallest absolute Gasteiger partial charge is 0.170 e. The van der Waals surface area contributed by atoms with Crippen molar-refractivity contribution in [1.29, 1.82) is 0 Å². The van der Waals surface area contributed by atoms with Crippen LogP contribution in [-0.4, -0.2) is 18.2 Å². The van der Waals surface area contributed by atoms with Gasteiger partial charge in [0.05, 0.1) is 12.1 Å². The largest absolute Gasteiger partial charge is 0.496 e. The number of benzene rings is 2. The summed E-state index contributed by atoms with van der Waals surface area (Å²) in [6, 6.07) is 12.4. The second-order valence-corrected chi connectivity index (χ2v) is 4.64. The normalized spacial score (nSPS) is 11.2. The van der Waals surface area contributed by atoms with Gasteiger partial charge in [-0.05, 0) is 30.3 Å². The molecule has 0 amide bonds. The lowest BCUT2D eigenvalue weighted by atomic mass is 10.1. The van der Waals surface area contributed by atoms with Gasteiger partial charge in [0, 0.05) is 11.1 Å². The van der Waals surface area contributed by atoms with Crippen molar-refractivity contribution in [2.75, 3.05) is 7.11 Å². The predicted molar refractivity (Wildman–Crippen MR) is 81.3 cm³/mol. The highest BCUT2D eigenvalue weighted by atomic mass is 35.5. The molecule has 2 aromatic rings. The van der Waals surface area contributed by atoms with Gasteiger partial charge in [-0.15, -0.1) is 0 Å². The molecule has 21 heavy (non-hydrogen) atoms. The van der Waals surface area contributed by atoms with Crippen molar-refractivity contribution in [1.82, 2.24) is 0 Å². The highest BCUT2D eigenvalue weighted by Gasteiger charge is 2.09. The van der Waals surface area contributed by atoms with Gasteiger partial charge in [0.15, 0.2) is 5.84 Å². The van der Waals surface area contributed by atoms with Crippen LogP contribution in [0, 0.1) is 0 Å². The van der Waals surface area contributed by atoms with Gasteiger partial charge in [0.2, 0.25) is 0 Å². The zero-order chi connectivity index (χ0) is 15.2. The zero-order valence-corrected chi connectivity index (χ0v) is 12.2. The molecule has 0 unspecified atom stereocenters. The molecule has 0 bridgehead atoms. The van der Waals surface area contributed by atoms with Crippen LogP contribution in [0.4, 0.5) is 0 Å². The van der Waals surface area contributed by atoms with Gasteiger partial charge in [0.25, 0.3) is 0 Å². The van der Waals surface area contributed by atoms with Crippen LogP contribution < -0.4 is 15.2 Å². The Labute approximate surface area is 127 Å². The van der Waals surface area contributed by atoms with Crippen molar-refractivity contribution in [2.24, 2.45) is 10.9 Å². The maximum Gasteiger partial charge on any atom is 0.170 e. The number of ether oxygens (including phenoxy) is 2. The van der Waals surface area contributed by atoms with Crippen molar-refractivity contribution < 1.29 is 14.7 Å². The molecule has 2 rings (SSSR count). The molecule has 0 heterocycles. The molecule has 0 aliphatic heterocycles. The van der Waals surface area contributed by atoms with Gasteiger partial charge in [-0.2, -0.15) is 0 Å². The van der Waals surface area contributed by atoms with Crippen molar-refractivity contribution in [3.63, 3.8) is 0 Å². The van der Waals surface area contributed by atoms with E-state index in [2.05, 4.69) is 5.16 Å². The molecule has 0 saturated heterocycles. The molecule has 0 saturated carbocycles. The molecule has 0 radical (unpaired) electrons. The first kappa shape index (κ1) is 15.0. The minimum Gasteiger partial charge on any atom is -0.496 e. The Hall–Kier alpha value is -2.40. The Bertz CT molecular complexity index is 659. The van der Waals surface area contributed by atoms with Gasteiger partial charge in [-0.3, -0.25) is 0 Å². The molecule has 6 heteroatoms. The van der Waals surface area contributed by atoms with Gasteiger partial charge < -0.3 is 20.4 Å². The number of nitrogens with two attached hydrogens (primary N) is 1. The first-order valence-electron chi connectivity index (χ1n) is 6.18. The maximum absolute atomic E-state index is 8.73. The van der Waals surface area contributed by atoms with Crippen molar-refractivity contribution >= 4 is 17.4 Å². The summed E-state index contributed by atoms with van der Waals surface area (Å²) in [5, 5.41) is 12.2. The summed E-state index contributed by atoms with van der Waals surface area (Å²) < 4.78 is 11.0. The Kier molecular flexibility index (Phi) is 4.90. The number of hydrogen-bond acceptors (Lipinski definition) is 4. The topological polar surface area (TPSA) is 77.1 Å². The molecule has 0 aromatic heterocycles. The third-order valence-corrected chi connectivity index (χ3v) is 3.22. The summed E-state index contributed by atoms with van der Waals surface area (Å²) in [7, 11) is 1.57. The number of amidine groups is 1. The second-order valence-electron chi connectivity index (χ2n) is 4.23. The molecule has 0 atom stereocenters. The monoisotopic (exact) mass is 306 g/mol. The lowest BCUT2D eigenvalue weighted by Gasteiger charge is -2.12. The maximum atomic E-state index is 8.73. The van der Waals surface area contributed by atoms with Gasteiger partial charge in [-0.25, -0.2) is 0 Å². The Morgan fingerprint density at radius 1 is 1.24 bits per heavy atom. The van der Waals surface area contributed by atoms with E-state index in [0.29, 0.717) is 22.1 Å². The number of methoxy groups -OCH3 is 1. The first-order valence-corrected chi connectivity index (χ1v) is 6.55. The van der Waals surface area contributed by atoms with Gasteiger partial charge in [-0.1, -0.05) is 28.9 Å². The summed E-state index contributed by atoms with van der Waals surface area (Å²) in [6.07, 6.45) is 0. The van der Waals surface area contributed by atoms with Crippen LogP contribution in [0.1, 0.15) is 11.1 Å². The number of nitrogens with zero attached hydrogens (tertiary/aromatic N) is 1.